The van der Waals surface area contributed by atoms with E-state index < -0.39 is 0 Å². The van der Waals surface area contributed by atoms with Gasteiger partial charge in [-0.15, -0.1) is 0 Å². The van der Waals surface area contributed by atoms with E-state index in [4.69, 9.17) is 21.1 Å². The molecule has 90 valence electrons. The summed E-state index contributed by atoms with van der Waals surface area (Å²) in [6, 6.07) is 3.61. The van der Waals surface area contributed by atoms with Crippen LogP contribution in [0.4, 0.5) is 0 Å². The number of methoxy groups -OCH3 is 1. The molecule has 0 N–H and O–H groups in total. The van der Waals surface area contributed by atoms with Crippen molar-refractivity contribution in [1.29, 1.82) is 0 Å². The Morgan fingerprint density at radius 1 is 1.29 bits per heavy atom. The predicted molar refractivity (Wildman–Crippen MR) is 66.9 cm³/mol. The molecule has 4 nitrogen and oxygen atoms in total. The van der Waals surface area contributed by atoms with Crippen molar-refractivity contribution >= 4 is 22.5 Å². The highest BCUT2D eigenvalue weighted by Gasteiger charge is 2.11. The number of hydrogen-bond donors (Lipinski definition) is 0. The predicted octanol–water partition coefficient (Wildman–Crippen LogP) is 3.08. The summed E-state index contributed by atoms with van der Waals surface area (Å²) < 4.78 is 10.8. The van der Waals surface area contributed by atoms with Crippen molar-refractivity contribution in [3.63, 3.8) is 0 Å². The smallest absolute Gasteiger partial charge is 0.144 e. The summed E-state index contributed by atoms with van der Waals surface area (Å²) in [6.45, 7) is 2.66. The van der Waals surface area contributed by atoms with Crippen LogP contribution < -0.4 is 9.47 Å². The molecule has 0 saturated carbocycles. The lowest BCUT2D eigenvalue weighted by molar-refractivity contribution is 0.318. The molecule has 0 aliphatic rings. The standard InChI is InChI=1S/C12H13ClN2O2/c1-3-4-17-10-6-8(16-2)5-9-11(10)12(13)15-7-14-9/h5-7H,3-4H2,1-2H3. The van der Waals surface area contributed by atoms with Crippen LogP contribution in [0.5, 0.6) is 11.5 Å². The zero-order chi connectivity index (χ0) is 12.3. The van der Waals surface area contributed by atoms with Gasteiger partial charge in [-0.25, -0.2) is 9.97 Å². The fraction of sp³-hybridized carbons (Fsp3) is 0.333. The fourth-order valence-corrected chi connectivity index (χ4v) is 1.77. The summed E-state index contributed by atoms with van der Waals surface area (Å²) in [4.78, 5) is 8.13. The Balaban J connectivity index is 2.59. The zero-order valence-corrected chi connectivity index (χ0v) is 10.5. The molecule has 0 unspecified atom stereocenters. The lowest BCUT2D eigenvalue weighted by Gasteiger charge is -2.10. The molecule has 0 aliphatic carbocycles. The highest BCUT2D eigenvalue weighted by molar-refractivity contribution is 6.34. The van der Waals surface area contributed by atoms with Crippen molar-refractivity contribution < 1.29 is 9.47 Å². The second kappa shape index (κ2) is 5.19. The van der Waals surface area contributed by atoms with Gasteiger partial charge in [0, 0.05) is 12.1 Å². The Hall–Kier alpha value is -1.55. The normalized spacial score (nSPS) is 10.5. The van der Waals surface area contributed by atoms with Gasteiger partial charge in [0.1, 0.15) is 23.0 Å². The van der Waals surface area contributed by atoms with Crippen LogP contribution in [0, 0.1) is 0 Å². The first-order valence-electron chi connectivity index (χ1n) is 5.37. The number of aromatic nitrogens is 2. The van der Waals surface area contributed by atoms with Crippen LogP contribution in [0.15, 0.2) is 18.5 Å². The molecule has 0 atom stereocenters. The fourth-order valence-electron chi connectivity index (χ4n) is 1.54. The van der Waals surface area contributed by atoms with Gasteiger partial charge in [-0.3, -0.25) is 0 Å². The number of hydrogen-bond acceptors (Lipinski definition) is 4. The first-order chi connectivity index (χ1) is 8.26. The monoisotopic (exact) mass is 252 g/mol. The second-order valence-electron chi connectivity index (χ2n) is 3.53. The van der Waals surface area contributed by atoms with Crippen molar-refractivity contribution in [2.75, 3.05) is 13.7 Å². The van der Waals surface area contributed by atoms with E-state index in [0.717, 1.165) is 17.3 Å². The number of ether oxygens (including phenoxy) is 2. The number of halogens is 1. The summed E-state index contributed by atoms with van der Waals surface area (Å²) in [6.07, 6.45) is 2.34. The number of rotatable bonds is 4. The van der Waals surface area contributed by atoms with Gasteiger partial charge in [-0.1, -0.05) is 18.5 Å². The second-order valence-corrected chi connectivity index (χ2v) is 3.89. The van der Waals surface area contributed by atoms with E-state index in [-0.39, 0.29) is 0 Å². The minimum atomic E-state index is 0.392. The van der Waals surface area contributed by atoms with Crippen LogP contribution >= 0.6 is 11.6 Å². The maximum Gasteiger partial charge on any atom is 0.144 e. The number of benzene rings is 1. The molecule has 0 aliphatic heterocycles. The van der Waals surface area contributed by atoms with Gasteiger partial charge in [-0.05, 0) is 6.42 Å². The van der Waals surface area contributed by atoms with Gasteiger partial charge in [-0.2, -0.15) is 0 Å². The minimum Gasteiger partial charge on any atom is -0.497 e. The van der Waals surface area contributed by atoms with Gasteiger partial charge in [0.2, 0.25) is 0 Å². The molecule has 0 saturated heterocycles. The third-order valence-corrected chi connectivity index (χ3v) is 2.61. The maximum atomic E-state index is 6.06. The molecular weight excluding hydrogens is 240 g/mol. The van der Waals surface area contributed by atoms with Gasteiger partial charge in [0.25, 0.3) is 0 Å². The highest BCUT2D eigenvalue weighted by Crippen LogP contribution is 2.33. The minimum absolute atomic E-state index is 0.392. The largest absolute Gasteiger partial charge is 0.497 e. The summed E-state index contributed by atoms with van der Waals surface area (Å²) in [5.41, 5.74) is 0.718. The first kappa shape index (κ1) is 11.9. The Morgan fingerprint density at radius 3 is 2.82 bits per heavy atom. The highest BCUT2D eigenvalue weighted by atomic mass is 35.5. The van der Waals surface area contributed by atoms with Crippen LogP contribution in [-0.2, 0) is 0 Å². The Labute approximate surface area is 105 Å². The van der Waals surface area contributed by atoms with Crippen molar-refractivity contribution in [2.24, 2.45) is 0 Å². The molecule has 0 spiro atoms. The molecule has 0 fully saturated rings. The Kier molecular flexibility index (Phi) is 3.64. The van der Waals surface area contributed by atoms with Crippen molar-refractivity contribution in [3.8, 4) is 11.5 Å². The van der Waals surface area contributed by atoms with E-state index in [9.17, 15) is 0 Å². The van der Waals surface area contributed by atoms with E-state index in [1.165, 1.54) is 6.33 Å². The maximum absolute atomic E-state index is 6.06. The van der Waals surface area contributed by atoms with E-state index in [2.05, 4.69) is 9.97 Å². The van der Waals surface area contributed by atoms with Gasteiger partial charge >= 0.3 is 0 Å². The Morgan fingerprint density at radius 2 is 2.12 bits per heavy atom. The molecule has 5 heteroatoms. The quantitative estimate of drug-likeness (QED) is 0.785. The van der Waals surface area contributed by atoms with Crippen LogP contribution in [0.1, 0.15) is 13.3 Å². The summed E-state index contributed by atoms with van der Waals surface area (Å²) >= 11 is 6.06. The molecular formula is C12H13ClN2O2. The van der Waals surface area contributed by atoms with Crippen LogP contribution in [-0.4, -0.2) is 23.7 Å². The number of fused-ring (bicyclic) bond motifs is 1. The third kappa shape index (κ3) is 2.42. The average Bonchev–Trinajstić information content (AvgIpc) is 2.35. The van der Waals surface area contributed by atoms with Crippen LogP contribution in [0.3, 0.4) is 0 Å². The third-order valence-electron chi connectivity index (χ3n) is 2.33. The first-order valence-corrected chi connectivity index (χ1v) is 5.75. The van der Waals surface area contributed by atoms with Crippen molar-refractivity contribution in [1.82, 2.24) is 9.97 Å². The average molecular weight is 253 g/mol. The zero-order valence-electron chi connectivity index (χ0n) is 9.74. The molecule has 1 aromatic carbocycles. The SMILES string of the molecule is CCCOc1cc(OC)cc2ncnc(Cl)c12. The lowest BCUT2D eigenvalue weighted by atomic mass is 10.2. The molecule has 0 amide bonds. The molecule has 0 radical (unpaired) electrons. The van der Waals surface area contributed by atoms with Crippen molar-refractivity contribution in [3.05, 3.63) is 23.6 Å². The van der Waals surface area contributed by atoms with Crippen LogP contribution in [0.2, 0.25) is 5.15 Å². The molecule has 0 bridgehead atoms. The molecule has 1 aromatic heterocycles. The van der Waals surface area contributed by atoms with Gasteiger partial charge in [0.15, 0.2) is 0 Å². The van der Waals surface area contributed by atoms with Gasteiger partial charge < -0.3 is 9.47 Å². The topological polar surface area (TPSA) is 44.2 Å². The summed E-state index contributed by atoms with van der Waals surface area (Å²) in [5.74, 6) is 1.35. The summed E-state index contributed by atoms with van der Waals surface area (Å²) in [7, 11) is 1.60. The molecule has 2 aromatic rings. The van der Waals surface area contributed by atoms with E-state index in [1.54, 1.807) is 13.2 Å². The van der Waals surface area contributed by atoms with Crippen LogP contribution in [0.25, 0.3) is 10.9 Å². The van der Waals surface area contributed by atoms with E-state index in [1.807, 2.05) is 13.0 Å². The number of nitrogens with zero attached hydrogens (tertiary/aromatic N) is 2. The van der Waals surface area contributed by atoms with Gasteiger partial charge in [0.05, 0.1) is 24.6 Å². The molecule has 2 rings (SSSR count). The molecule has 1 heterocycles. The lowest BCUT2D eigenvalue weighted by Crippen LogP contribution is -1.98. The molecule has 17 heavy (non-hydrogen) atoms. The summed E-state index contributed by atoms with van der Waals surface area (Å²) in [5, 5.41) is 1.12. The van der Waals surface area contributed by atoms with E-state index >= 15 is 0 Å². The Bertz CT molecular complexity index is 531. The van der Waals surface area contributed by atoms with Crippen molar-refractivity contribution in [2.45, 2.75) is 13.3 Å². The van der Waals surface area contributed by atoms with E-state index in [0.29, 0.717) is 23.3 Å².